The molecule has 0 aliphatic heterocycles. The van der Waals surface area contributed by atoms with Crippen molar-refractivity contribution in [3.63, 3.8) is 0 Å². The smallest absolute Gasteiger partial charge is 0.176 e. The summed E-state index contributed by atoms with van der Waals surface area (Å²) >= 11 is 6.01. The molecule has 0 saturated carbocycles. The van der Waals surface area contributed by atoms with Gasteiger partial charge in [0.1, 0.15) is 0 Å². The van der Waals surface area contributed by atoms with Crippen LogP contribution in [0.25, 0.3) is 0 Å². The fraction of sp³-hybridized carbons (Fsp3) is 0.625. The zero-order valence-electron chi connectivity index (χ0n) is 13.0. The molecule has 0 atom stereocenters. The first-order valence-corrected chi connectivity index (χ1v) is 7.99. The third-order valence-electron chi connectivity index (χ3n) is 3.05. The Morgan fingerprint density at radius 1 is 1.14 bits per heavy atom. The lowest BCUT2D eigenvalue weighted by atomic mass is 10.1. The highest BCUT2D eigenvalue weighted by molar-refractivity contribution is 6.32. The molecule has 120 valence electrons. The summed E-state index contributed by atoms with van der Waals surface area (Å²) in [4.78, 5) is 0. The Morgan fingerprint density at radius 2 is 1.90 bits per heavy atom. The Hall–Kier alpha value is -0.970. The number of aromatic hydroxyl groups is 1. The van der Waals surface area contributed by atoms with E-state index in [1.165, 1.54) is 0 Å². The van der Waals surface area contributed by atoms with Gasteiger partial charge < -0.3 is 19.9 Å². The molecule has 1 rings (SSSR count). The Balaban J connectivity index is 2.29. The van der Waals surface area contributed by atoms with E-state index in [9.17, 15) is 5.11 Å². The van der Waals surface area contributed by atoms with Crippen LogP contribution in [0.2, 0.25) is 5.02 Å². The highest BCUT2D eigenvalue weighted by Crippen LogP contribution is 2.35. The van der Waals surface area contributed by atoms with Gasteiger partial charge in [-0.1, -0.05) is 11.6 Å². The molecule has 5 heteroatoms. The molecular formula is C16H26ClNO3. The van der Waals surface area contributed by atoms with Crippen LogP contribution in [0.15, 0.2) is 12.1 Å². The molecule has 0 fully saturated rings. The van der Waals surface area contributed by atoms with E-state index in [1.807, 2.05) is 19.9 Å². The van der Waals surface area contributed by atoms with Crippen molar-refractivity contribution in [1.82, 2.24) is 5.32 Å². The number of halogens is 1. The molecule has 0 aliphatic carbocycles. The lowest BCUT2D eigenvalue weighted by Crippen LogP contribution is -2.18. The fourth-order valence-electron chi connectivity index (χ4n) is 2.02. The van der Waals surface area contributed by atoms with Crippen LogP contribution >= 0.6 is 11.6 Å². The lowest BCUT2D eigenvalue weighted by molar-refractivity contribution is 0.145. The Morgan fingerprint density at radius 3 is 2.62 bits per heavy atom. The summed E-state index contributed by atoms with van der Waals surface area (Å²) in [7, 11) is 0. The number of phenolic OH excluding ortho intramolecular Hbond substituents is 1. The molecule has 0 amide bonds. The average molecular weight is 316 g/mol. The molecule has 1 aromatic carbocycles. The van der Waals surface area contributed by atoms with E-state index >= 15 is 0 Å². The van der Waals surface area contributed by atoms with Gasteiger partial charge in [-0.2, -0.15) is 0 Å². The number of aryl methyl sites for hydroxylation is 1. The van der Waals surface area contributed by atoms with Gasteiger partial charge in [0, 0.05) is 13.2 Å². The number of phenols is 1. The van der Waals surface area contributed by atoms with Crippen molar-refractivity contribution in [2.75, 3.05) is 32.9 Å². The highest BCUT2D eigenvalue weighted by Gasteiger charge is 2.09. The van der Waals surface area contributed by atoms with Crippen molar-refractivity contribution in [2.24, 2.45) is 0 Å². The first-order chi connectivity index (χ1) is 10.2. The number of hydrogen-bond donors (Lipinski definition) is 2. The molecule has 2 N–H and O–H groups in total. The van der Waals surface area contributed by atoms with E-state index in [-0.39, 0.29) is 5.75 Å². The van der Waals surface area contributed by atoms with E-state index in [4.69, 9.17) is 21.1 Å². The SMILES string of the molecule is CCOCCCNCCCc1cc(Cl)c(O)c(OCC)c1. The van der Waals surface area contributed by atoms with Crippen LogP contribution in [-0.2, 0) is 11.2 Å². The van der Waals surface area contributed by atoms with Gasteiger partial charge >= 0.3 is 0 Å². The quantitative estimate of drug-likeness (QED) is 0.615. The van der Waals surface area contributed by atoms with Crippen LogP contribution in [0, 0.1) is 0 Å². The summed E-state index contributed by atoms with van der Waals surface area (Å²) in [5, 5.41) is 13.5. The van der Waals surface area contributed by atoms with Gasteiger partial charge in [-0.15, -0.1) is 0 Å². The second-order valence-electron chi connectivity index (χ2n) is 4.76. The zero-order valence-corrected chi connectivity index (χ0v) is 13.7. The van der Waals surface area contributed by atoms with Gasteiger partial charge in [-0.3, -0.25) is 0 Å². The Kier molecular flexibility index (Phi) is 9.22. The summed E-state index contributed by atoms with van der Waals surface area (Å²) in [6.45, 7) is 7.92. The standard InChI is InChI=1S/C16H26ClNO3/c1-3-20-10-6-9-18-8-5-7-13-11-14(17)16(19)15(12-13)21-4-2/h11-12,18-19H,3-10H2,1-2H3. The molecule has 4 nitrogen and oxygen atoms in total. The molecular weight excluding hydrogens is 290 g/mol. The van der Waals surface area contributed by atoms with Gasteiger partial charge in [-0.25, -0.2) is 0 Å². The van der Waals surface area contributed by atoms with Crippen molar-refractivity contribution in [1.29, 1.82) is 0 Å². The highest BCUT2D eigenvalue weighted by atomic mass is 35.5. The van der Waals surface area contributed by atoms with Crippen LogP contribution in [0.4, 0.5) is 0 Å². The number of hydrogen-bond acceptors (Lipinski definition) is 4. The molecule has 0 saturated heterocycles. The largest absolute Gasteiger partial charge is 0.503 e. The number of benzene rings is 1. The predicted molar refractivity (Wildman–Crippen MR) is 86.6 cm³/mol. The summed E-state index contributed by atoms with van der Waals surface area (Å²) < 4.78 is 10.7. The molecule has 0 radical (unpaired) electrons. The number of ether oxygens (including phenoxy) is 2. The monoisotopic (exact) mass is 315 g/mol. The maximum absolute atomic E-state index is 9.78. The Bertz CT molecular complexity index is 413. The van der Waals surface area contributed by atoms with Gasteiger partial charge in [0.25, 0.3) is 0 Å². The van der Waals surface area contributed by atoms with E-state index < -0.39 is 0 Å². The number of rotatable bonds is 11. The summed E-state index contributed by atoms with van der Waals surface area (Å²) in [5.41, 5.74) is 1.08. The third-order valence-corrected chi connectivity index (χ3v) is 3.34. The molecule has 21 heavy (non-hydrogen) atoms. The van der Waals surface area contributed by atoms with E-state index in [0.29, 0.717) is 17.4 Å². The molecule has 0 heterocycles. The van der Waals surface area contributed by atoms with Crippen LogP contribution in [0.5, 0.6) is 11.5 Å². The van der Waals surface area contributed by atoms with Crippen molar-refractivity contribution in [2.45, 2.75) is 33.1 Å². The minimum Gasteiger partial charge on any atom is -0.503 e. The van der Waals surface area contributed by atoms with Gasteiger partial charge in [0.2, 0.25) is 0 Å². The summed E-state index contributed by atoms with van der Waals surface area (Å²) in [6.07, 6.45) is 2.95. The molecule has 0 spiro atoms. The first-order valence-electron chi connectivity index (χ1n) is 7.61. The molecule has 1 aromatic rings. The van der Waals surface area contributed by atoms with Crippen molar-refractivity contribution in [3.05, 3.63) is 22.7 Å². The van der Waals surface area contributed by atoms with E-state index in [0.717, 1.165) is 51.1 Å². The molecule has 0 aromatic heterocycles. The molecule has 0 unspecified atom stereocenters. The van der Waals surface area contributed by atoms with Gasteiger partial charge in [0.05, 0.1) is 11.6 Å². The predicted octanol–water partition coefficient (Wildman–Crippen LogP) is 3.39. The van der Waals surface area contributed by atoms with Crippen molar-refractivity contribution in [3.8, 4) is 11.5 Å². The van der Waals surface area contributed by atoms with Crippen molar-refractivity contribution < 1.29 is 14.6 Å². The fourth-order valence-corrected chi connectivity index (χ4v) is 2.26. The van der Waals surface area contributed by atoms with E-state index in [1.54, 1.807) is 6.07 Å². The summed E-state index contributed by atoms with van der Waals surface area (Å²) in [6, 6.07) is 3.66. The number of nitrogens with one attached hydrogen (secondary N) is 1. The first kappa shape index (κ1) is 18.1. The van der Waals surface area contributed by atoms with Crippen LogP contribution in [-0.4, -0.2) is 38.0 Å². The van der Waals surface area contributed by atoms with E-state index in [2.05, 4.69) is 5.32 Å². The second-order valence-corrected chi connectivity index (χ2v) is 5.17. The molecule has 0 bridgehead atoms. The van der Waals surface area contributed by atoms with Gasteiger partial charge in [-0.05, 0) is 63.9 Å². The zero-order chi connectivity index (χ0) is 15.5. The minimum absolute atomic E-state index is 0.0244. The Labute approximate surface area is 132 Å². The maximum atomic E-state index is 9.78. The second kappa shape index (κ2) is 10.7. The topological polar surface area (TPSA) is 50.7 Å². The van der Waals surface area contributed by atoms with Crippen molar-refractivity contribution >= 4 is 11.6 Å². The van der Waals surface area contributed by atoms with Crippen LogP contribution in [0.3, 0.4) is 0 Å². The third kappa shape index (κ3) is 7.02. The normalized spacial score (nSPS) is 10.8. The van der Waals surface area contributed by atoms with Gasteiger partial charge in [0.15, 0.2) is 11.5 Å². The summed E-state index contributed by atoms with van der Waals surface area (Å²) in [5.74, 6) is 0.487. The van der Waals surface area contributed by atoms with Crippen LogP contribution < -0.4 is 10.1 Å². The van der Waals surface area contributed by atoms with Crippen LogP contribution in [0.1, 0.15) is 32.3 Å². The maximum Gasteiger partial charge on any atom is 0.176 e. The average Bonchev–Trinajstić information content (AvgIpc) is 2.47. The molecule has 0 aliphatic rings. The lowest BCUT2D eigenvalue weighted by Gasteiger charge is -2.10. The minimum atomic E-state index is 0.0244.